The summed E-state index contributed by atoms with van der Waals surface area (Å²) in [6.07, 6.45) is 0. The molecular weight excluding hydrogens is 213 g/mol. The number of hydrogen-bond donors (Lipinski definition) is 0. The fourth-order valence-corrected chi connectivity index (χ4v) is 0. The van der Waals surface area contributed by atoms with Crippen molar-refractivity contribution in [3.8, 4) is 0 Å². The second-order valence-electron chi connectivity index (χ2n) is 0.707. The van der Waals surface area contributed by atoms with Gasteiger partial charge in [-0.3, -0.25) is 0 Å². The van der Waals surface area contributed by atoms with Crippen molar-refractivity contribution in [3.63, 3.8) is 0 Å². The zero-order chi connectivity index (χ0) is 2.71. The minimum atomic E-state index is 0. The molecule has 0 nitrogen and oxygen atoms in total. The van der Waals surface area contributed by atoms with Gasteiger partial charge in [0.15, 0.2) is 0 Å². The first-order chi connectivity index (χ1) is 1.41. The van der Waals surface area contributed by atoms with Crippen molar-refractivity contribution < 1.29 is 0 Å². The van der Waals surface area contributed by atoms with Crippen molar-refractivity contribution in [2.45, 2.75) is 5.67 Å². The SMILES string of the molecule is [GeH4].[GeH4].[SiH3]C[SiH3]. The summed E-state index contributed by atoms with van der Waals surface area (Å²) in [5, 5.41) is 0. The summed E-state index contributed by atoms with van der Waals surface area (Å²) >= 11 is 0. The van der Waals surface area contributed by atoms with Gasteiger partial charge in [-0.15, -0.1) is 0 Å². The average Bonchev–Trinajstić information content (AvgIpc) is 0.918. The summed E-state index contributed by atoms with van der Waals surface area (Å²) in [6, 6.07) is 0. The molecule has 0 rings (SSSR count). The molecule has 0 heterocycles. The van der Waals surface area contributed by atoms with Gasteiger partial charge < -0.3 is 0 Å². The van der Waals surface area contributed by atoms with Gasteiger partial charge in [0.1, 0.15) is 0 Å². The largest absolute Gasteiger partial charge is 0.0778 e. The zero-order valence-electron chi connectivity index (χ0n) is 2.71. The van der Waals surface area contributed by atoms with Gasteiger partial charge in [0.05, 0.1) is 0 Å². The molecule has 0 atom stereocenters. The van der Waals surface area contributed by atoms with Gasteiger partial charge in [-0.05, 0) is 20.5 Å². The normalized spacial score (nSPS) is 4.80. The third-order valence-electron chi connectivity index (χ3n) is 0. The molecule has 0 amide bonds. The fourth-order valence-electron chi connectivity index (χ4n) is 0. The van der Waals surface area contributed by atoms with Crippen LogP contribution in [0.15, 0.2) is 0 Å². The number of hydrogen-bond acceptors (Lipinski definition) is 0. The molecule has 0 aliphatic heterocycles. The van der Waals surface area contributed by atoms with Crippen LogP contribution in [0.5, 0.6) is 0 Å². The van der Waals surface area contributed by atoms with Gasteiger partial charge >= 0.3 is 35.2 Å². The maximum atomic E-state index is 1.53. The van der Waals surface area contributed by atoms with E-state index in [2.05, 4.69) is 0 Å². The van der Waals surface area contributed by atoms with Crippen molar-refractivity contribution >= 4 is 55.7 Å². The molecule has 0 aliphatic rings. The summed E-state index contributed by atoms with van der Waals surface area (Å²) in [4.78, 5) is 0. The van der Waals surface area contributed by atoms with E-state index >= 15 is 0 Å². The average molecular weight is 230 g/mol. The first-order valence-corrected chi connectivity index (χ1v) is 4.24. The summed E-state index contributed by atoms with van der Waals surface area (Å²) in [5.41, 5.74) is 1.53. The molecule has 0 aromatic rings. The molecule has 5 heavy (non-hydrogen) atoms. The summed E-state index contributed by atoms with van der Waals surface area (Å²) in [7, 11) is 2.86. The summed E-state index contributed by atoms with van der Waals surface area (Å²) in [5.74, 6) is 0. The third-order valence-corrected chi connectivity index (χ3v) is 0. The summed E-state index contributed by atoms with van der Waals surface area (Å²) < 4.78 is 0. The molecular formula is CH16Ge2Si2. The van der Waals surface area contributed by atoms with E-state index in [1.54, 1.807) is 0 Å². The van der Waals surface area contributed by atoms with E-state index in [4.69, 9.17) is 0 Å². The van der Waals surface area contributed by atoms with Crippen LogP contribution in [0.1, 0.15) is 0 Å². The van der Waals surface area contributed by atoms with Crippen molar-refractivity contribution in [2.24, 2.45) is 0 Å². The fraction of sp³-hybridized carbons (Fsp3) is 1.00. The van der Waals surface area contributed by atoms with E-state index in [0.717, 1.165) is 0 Å². The molecule has 0 saturated carbocycles. The van der Waals surface area contributed by atoms with Crippen molar-refractivity contribution in [1.29, 1.82) is 0 Å². The predicted octanol–water partition coefficient (Wildman–Crippen LogP) is -4.81. The standard InChI is InChI=1S/CH8Si2.2GeH4/c2-1-3;;/h1H2,2-3H3;2*1H4. The Morgan fingerprint density at radius 2 is 1.00 bits per heavy atom. The van der Waals surface area contributed by atoms with Crippen LogP contribution >= 0.6 is 0 Å². The van der Waals surface area contributed by atoms with Crippen LogP contribution in [-0.2, 0) is 0 Å². The van der Waals surface area contributed by atoms with E-state index in [0.29, 0.717) is 0 Å². The Morgan fingerprint density at radius 3 is 1.00 bits per heavy atom. The summed E-state index contributed by atoms with van der Waals surface area (Å²) in [6.45, 7) is 0. The van der Waals surface area contributed by atoms with Crippen LogP contribution in [0.2, 0.25) is 5.67 Å². The van der Waals surface area contributed by atoms with E-state index in [1.807, 2.05) is 0 Å². The molecule has 36 valence electrons. The van der Waals surface area contributed by atoms with Gasteiger partial charge in [0.2, 0.25) is 0 Å². The molecule has 0 radical (unpaired) electrons. The van der Waals surface area contributed by atoms with Crippen LogP contribution < -0.4 is 0 Å². The second kappa shape index (κ2) is 17.8. The monoisotopic (exact) mass is 232 g/mol. The van der Waals surface area contributed by atoms with Crippen molar-refractivity contribution in [3.05, 3.63) is 0 Å². The Bertz CT molecular complexity index is 7.61. The van der Waals surface area contributed by atoms with Gasteiger partial charge in [-0.25, -0.2) is 0 Å². The molecule has 4 heteroatoms. The van der Waals surface area contributed by atoms with Gasteiger partial charge in [-0.2, -0.15) is 0 Å². The van der Waals surface area contributed by atoms with Crippen LogP contribution in [0.3, 0.4) is 0 Å². The molecule has 0 unspecified atom stereocenters. The zero-order valence-corrected chi connectivity index (χ0v) is 6.71. The minimum Gasteiger partial charge on any atom is -0.0778 e. The Kier molecular flexibility index (Phi) is 57.0. The van der Waals surface area contributed by atoms with E-state index in [9.17, 15) is 0 Å². The predicted molar refractivity (Wildman–Crippen MR) is 47.4 cm³/mol. The molecule has 0 bridgehead atoms. The first kappa shape index (κ1) is 16.0. The minimum absolute atomic E-state index is 0. The molecule has 0 aromatic heterocycles. The third kappa shape index (κ3) is 29.6. The maximum Gasteiger partial charge on any atom is -0.000878 e. The van der Waals surface area contributed by atoms with E-state index in [1.165, 1.54) is 26.2 Å². The topological polar surface area (TPSA) is 0 Å². The van der Waals surface area contributed by atoms with E-state index in [-0.39, 0.29) is 35.2 Å². The smallest absolute Gasteiger partial charge is 0.000878 e. The van der Waals surface area contributed by atoms with Gasteiger partial charge in [0.25, 0.3) is 0 Å². The Hall–Kier alpha value is 1.52. The molecule has 0 spiro atoms. The van der Waals surface area contributed by atoms with Gasteiger partial charge in [-0.1, -0.05) is 5.67 Å². The van der Waals surface area contributed by atoms with Crippen LogP contribution in [0.25, 0.3) is 0 Å². The van der Waals surface area contributed by atoms with Crippen LogP contribution in [0.4, 0.5) is 0 Å². The van der Waals surface area contributed by atoms with Crippen molar-refractivity contribution in [1.82, 2.24) is 0 Å². The molecule has 0 N–H and O–H groups in total. The Labute approximate surface area is 61.3 Å². The molecule has 0 aromatic carbocycles. The number of rotatable bonds is 0. The molecule has 0 saturated heterocycles. The van der Waals surface area contributed by atoms with E-state index < -0.39 is 0 Å². The maximum absolute atomic E-state index is 1.53. The second-order valence-corrected chi connectivity index (χ2v) is 6.36. The Balaban J connectivity index is -0.0000000200. The van der Waals surface area contributed by atoms with Crippen molar-refractivity contribution in [2.75, 3.05) is 0 Å². The molecule has 0 aliphatic carbocycles. The van der Waals surface area contributed by atoms with Crippen LogP contribution in [0, 0.1) is 0 Å². The Morgan fingerprint density at radius 1 is 1.00 bits per heavy atom. The quantitative estimate of drug-likeness (QED) is 0.366. The molecule has 0 fully saturated rings. The van der Waals surface area contributed by atoms with Crippen LogP contribution in [-0.4, -0.2) is 55.7 Å². The van der Waals surface area contributed by atoms with Gasteiger partial charge in [0, 0.05) is 0 Å². The first-order valence-electron chi connectivity index (χ1n) is 1.41.